The number of aliphatic imine (C=N–C) groups is 1. The molecule has 1 aliphatic heterocycles. The number of anilines is 1. The summed E-state index contributed by atoms with van der Waals surface area (Å²) < 4.78 is 24.8. The number of halogens is 2. The normalized spacial score (nSPS) is 13.4. The van der Waals surface area contributed by atoms with Crippen LogP contribution in [0.1, 0.15) is 17.5 Å². The van der Waals surface area contributed by atoms with Crippen molar-refractivity contribution < 1.29 is 19.0 Å². The Kier molecular flexibility index (Phi) is 8.11. The van der Waals surface area contributed by atoms with Gasteiger partial charge >= 0.3 is 0 Å². The Morgan fingerprint density at radius 2 is 1.93 bits per heavy atom. The maximum Gasteiger partial charge on any atom is 0.195 e. The number of guanidine groups is 1. The van der Waals surface area contributed by atoms with Gasteiger partial charge in [0.15, 0.2) is 17.5 Å². The first-order valence-electron chi connectivity index (χ1n) is 8.45. The molecule has 8 heteroatoms. The highest BCUT2D eigenvalue weighted by Crippen LogP contribution is 2.32. The summed E-state index contributed by atoms with van der Waals surface area (Å²) in [5.74, 6) is 1.59. The predicted molar refractivity (Wildman–Crippen MR) is 114 cm³/mol. The Morgan fingerprint density at radius 1 is 1.15 bits per heavy atom. The SMILES string of the molecule is CN=C(NCc1ccc(F)c(CO)c1)Nc1ccc2c(c1)OCCCO2.I. The highest BCUT2D eigenvalue weighted by molar-refractivity contribution is 14.0. The second kappa shape index (κ2) is 10.3. The van der Waals surface area contributed by atoms with Gasteiger partial charge in [-0.1, -0.05) is 6.07 Å². The van der Waals surface area contributed by atoms with Crippen molar-refractivity contribution in [1.82, 2.24) is 5.32 Å². The third kappa shape index (κ3) is 5.70. The number of nitrogens with zero attached hydrogens (tertiary/aromatic N) is 1. The van der Waals surface area contributed by atoms with Crippen LogP contribution in [0.3, 0.4) is 0 Å². The molecular formula is C19H23FIN3O3. The third-order valence-corrected chi connectivity index (χ3v) is 3.97. The molecule has 0 amide bonds. The minimum atomic E-state index is -0.411. The van der Waals surface area contributed by atoms with Gasteiger partial charge in [0, 0.05) is 37.3 Å². The second-order valence-corrected chi connectivity index (χ2v) is 5.85. The average molecular weight is 487 g/mol. The van der Waals surface area contributed by atoms with Crippen LogP contribution in [0.4, 0.5) is 10.1 Å². The van der Waals surface area contributed by atoms with E-state index in [9.17, 15) is 4.39 Å². The molecule has 1 aliphatic rings. The van der Waals surface area contributed by atoms with Gasteiger partial charge in [0.25, 0.3) is 0 Å². The fourth-order valence-corrected chi connectivity index (χ4v) is 2.60. The number of fused-ring (bicyclic) bond motifs is 1. The lowest BCUT2D eigenvalue weighted by atomic mass is 10.1. The van der Waals surface area contributed by atoms with Gasteiger partial charge in [0.1, 0.15) is 5.82 Å². The molecule has 0 unspecified atom stereocenters. The molecular weight excluding hydrogens is 464 g/mol. The van der Waals surface area contributed by atoms with Gasteiger partial charge in [-0.05, 0) is 29.8 Å². The highest BCUT2D eigenvalue weighted by atomic mass is 127. The first-order chi connectivity index (χ1) is 12.7. The molecule has 0 saturated heterocycles. The summed E-state index contributed by atoms with van der Waals surface area (Å²) in [4.78, 5) is 4.19. The van der Waals surface area contributed by atoms with Gasteiger partial charge in [-0.15, -0.1) is 24.0 Å². The number of rotatable bonds is 4. The lowest BCUT2D eigenvalue weighted by Gasteiger charge is -2.14. The van der Waals surface area contributed by atoms with Crippen molar-refractivity contribution in [2.45, 2.75) is 19.6 Å². The molecule has 0 bridgehead atoms. The number of nitrogens with one attached hydrogen (secondary N) is 2. The molecule has 1 heterocycles. The maximum atomic E-state index is 13.5. The van der Waals surface area contributed by atoms with Crippen molar-refractivity contribution in [2.75, 3.05) is 25.6 Å². The van der Waals surface area contributed by atoms with E-state index in [1.807, 2.05) is 18.2 Å². The van der Waals surface area contributed by atoms with Gasteiger partial charge in [-0.2, -0.15) is 0 Å². The monoisotopic (exact) mass is 487 g/mol. The van der Waals surface area contributed by atoms with Gasteiger partial charge in [0.2, 0.25) is 0 Å². The van der Waals surface area contributed by atoms with Crippen LogP contribution in [0, 0.1) is 5.82 Å². The fraction of sp³-hybridized carbons (Fsp3) is 0.316. The van der Waals surface area contributed by atoms with Crippen LogP contribution in [0.15, 0.2) is 41.4 Å². The third-order valence-electron chi connectivity index (χ3n) is 3.97. The summed E-state index contributed by atoms with van der Waals surface area (Å²) in [5, 5.41) is 15.5. The minimum Gasteiger partial charge on any atom is -0.490 e. The van der Waals surface area contributed by atoms with E-state index in [2.05, 4.69) is 15.6 Å². The van der Waals surface area contributed by atoms with Gasteiger partial charge < -0.3 is 25.2 Å². The summed E-state index contributed by atoms with van der Waals surface area (Å²) in [6.45, 7) is 1.39. The summed E-state index contributed by atoms with van der Waals surface area (Å²) in [7, 11) is 1.67. The molecule has 3 N–H and O–H groups in total. The molecule has 2 aromatic rings. The molecule has 146 valence electrons. The fourth-order valence-electron chi connectivity index (χ4n) is 2.60. The lowest BCUT2D eigenvalue weighted by molar-refractivity contribution is 0.275. The van der Waals surface area contributed by atoms with Gasteiger partial charge in [0.05, 0.1) is 19.8 Å². The first kappa shape index (κ1) is 21.2. The smallest absolute Gasteiger partial charge is 0.195 e. The van der Waals surface area contributed by atoms with Crippen LogP contribution in [-0.4, -0.2) is 31.3 Å². The zero-order valence-electron chi connectivity index (χ0n) is 15.0. The molecule has 0 aromatic heterocycles. The molecule has 0 fully saturated rings. The minimum absolute atomic E-state index is 0. The van der Waals surface area contributed by atoms with Crippen LogP contribution in [0.5, 0.6) is 11.5 Å². The lowest BCUT2D eigenvalue weighted by Crippen LogP contribution is -2.30. The topological polar surface area (TPSA) is 75.1 Å². The van der Waals surface area contributed by atoms with E-state index in [0.717, 1.165) is 23.4 Å². The van der Waals surface area contributed by atoms with Crippen LogP contribution in [0.25, 0.3) is 0 Å². The van der Waals surface area contributed by atoms with Crippen molar-refractivity contribution in [2.24, 2.45) is 4.99 Å². The van der Waals surface area contributed by atoms with Gasteiger partial charge in [-0.3, -0.25) is 4.99 Å². The molecule has 6 nitrogen and oxygen atoms in total. The quantitative estimate of drug-likeness (QED) is 0.351. The standard InChI is InChI=1S/C19H22FN3O3.HI/c1-21-19(22-11-13-3-5-16(20)14(9-13)12-24)23-15-4-6-17-18(10-15)26-8-2-7-25-17;/h3-6,9-10,24H,2,7-8,11-12H2,1H3,(H2,21,22,23);1H. The summed E-state index contributed by atoms with van der Waals surface area (Å²) in [6.07, 6.45) is 0.855. The van der Waals surface area contributed by atoms with E-state index in [1.165, 1.54) is 6.07 Å². The zero-order valence-corrected chi connectivity index (χ0v) is 17.3. The molecule has 3 rings (SSSR count). The molecule has 0 spiro atoms. The van der Waals surface area contributed by atoms with E-state index in [4.69, 9.17) is 14.6 Å². The van der Waals surface area contributed by atoms with Crippen LogP contribution in [0.2, 0.25) is 0 Å². The number of hydrogen-bond donors (Lipinski definition) is 3. The van der Waals surface area contributed by atoms with E-state index >= 15 is 0 Å². The van der Waals surface area contributed by atoms with E-state index < -0.39 is 5.82 Å². The Bertz CT molecular complexity index is 802. The maximum absolute atomic E-state index is 13.5. The van der Waals surface area contributed by atoms with Crippen molar-refractivity contribution in [3.05, 3.63) is 53.3 Å². The van der Waals surface area contributed by atoms with Gasteiger partial charge in [-0.25, -0.2) is 4.39 Å². The van der Waals surface area contributed by atoms with Crippen LogP contribution in [-0.2, 0) is 13.2 Å². The molecule has 0 atom stereocenters. The Morgan fingerprint density at radius 3 is 2.67 bits per heavy atom. The Hall–Kier alpha value is -2.07. The molecule has 0 saturated carbocycles. The highest BCUT2D eigenvalue weighted by Gasteiger charge is 2.11. The Labute approximate surface area is 174 Å². The number of ether oxygens (including phenoxy) is 2. The first-order valence-corrected chi connectivity index (χ1v) is 8.45. The van der Waals surface area contributed by atoms with E-state index in [0.29, 0.717) is 31.5 Å². The van der Waals surface area contributed by atoms with Crippen molar-refractivity contribution >= 4 is 35.6 Å². The number of hydrogen-bond acceptors (Lipinski definition) is 4. The molecule has 27 heavy (non-hydrogen) atoms. The number of aliphatic hydroxyl groups is 1. The molecule has 0 aliphatic carbocycles. The van der Waals surface area contributed by atoms with Crippen molar-refractivity contribution in [1.29, 1.82) is 0 Å². The summed E-state index contributed by atoms with van der Waals surface area (Å²) in [6, 6.07) is 10.3. The number of benzene rings is 2. The number of aliphatic hydroxyl groups excluding tert-OH is 1. The van der Waals surface area contributed by atoms with Crippen LogP contribution < -0.4 is 20.1 Å². The Balaban J connectivity index is 0.00000261. The van der Waals surface area contributed by atoms with Crippen LogP contribution >= 0.6 is 24.0 Å². The van der Waals surface area contributed by atoms with E-state index in [1.54, 1.807) is 19.2 Å². The predicted octanol–water partition coefficient (Wildman–Crippen LogP) is 3.28. The van der Waals surface area contributed by atoms with Crippen molar-refractivity contribution in [3.8, 4) is 11.5 Å². The average Bonchev–Trinajstić information content (AvgIpc) is 2.91. The largest absolute Gasteiger partial charge is 0.490 e. The molecule has 0 radical (unpaired) electrons. The zero-order chi connectivity index (χ0) is 18.4. The van der Waals surface area contributed by atoms with Crippen molar-refractivity contribution in [3.63, 3.8) is 0 Å². The summed E-state index contributed by atoms with van der Waals surface area (Å²) in [5.41, 5.74) is 1.93. The van der Waals surface area contributed by atoms with E-state index in [-0.39, 0.29) is 36.1 Å². The second-order valence-electron chi connectivity index (χ2n) is 5.85. The molecule has 2 aromatic carbocycles. The summed E-state index contributed by atoms with van der Waals surface area (Å²) >= 11 is 0.